The number of aromatic nitrogens is 1. The highest BCUT2D eigenvalue weighted by Crippen LogP contribution is 2.23. The Labute approximate surface area is 113 Å². The summed E-state index contributed by atoms with van der Waals surface area (Å²) in [6.07, 6.45) is 0. The van der Waals surface area contributed by atoms with Crippen LogP contribution in [0.1, 0.15) is 23.7 Å². The van der Waals surface area contributed by atoms with Crippen LogP contribution in [0.15, 0.2) is 5.38 Å². The summed E-state index contributed by atoms with van der Waals surface area (Å²) in [5, 5.41) is 6.74. The second-order valence-electron chi connectivity index (χ2n) is 5.35. The molecule has 4 nitrogen and oxygen atoms in total. The van der Waals surface area contributed by atoms with Crippen molar-refractivity contribution in [2.75, 3.05) is 39.3 Å². The van der Waals surface area contributed by atoms with E-state index in [0.29, 0.717) is 6.04 Å². The van der Waals surface area contributed by atoms with Crippen molar-refractivity contribution >= 4 is 11.3 Å². The van der Waals surface area contributed by atoms with Gasteiger partial charge in [0.2, 0.25) is 0 Å². The highest BCUT2D eigenvalue weighted by Gasteiger charge is 2.29. The molecular formula is C13H22N4S. The Morgan fingerprint density at radius 3 is 2.56 bits per heavy atom. The van der Waals surface area contributed by atoms with Crippen LogP contribution < -0.4 is 5.32 Å². The SMILES string of the molecule is Cc1nc(C(C)N2CCN(C3CNC3)CC2)cs1. The van der Waals surface area contributed by atoms with Crippen molar-refractivity contribution in [1.29, 1.82) is 0 Å². The molecule has 100 valence electrons. The van der Waals surface area contributed by atoms with E-state index in [1.165, 1.54) is 50.0 Å². The lowest BCUT2D eigenvalue weighted by Crippen LogP contribution is -2.61. The third kappa shape index (κ3) is 2.45. The molecule has 0 spiro atoms. The highest BCUT2D eigenvalue weighted by molar-refractivity contribution is 7.09. The molecule has 1 aromatic rings. The summed E-state index contributed by atoms with van der Waals surface area (Å²) >= 11 is 1.76. The van der Waals surface area contributed by atoms with E-state index in [4.69, 9.17) is 0 Å². The number of rotatable bonds is 3. The minimum atomic E-state index is 0.469. The zero-order chi connectivity index (χ0) is 12.5. The Morgan fingerprint density at radius 2 is 2.06 bits per heavy atom. The van der Waals surface area contributed by atoms with E-state index in [1.807, 2.05) is 0 Å². The predicted molar refractivity (Wildman–Crippen MR) is 75.1 cm³/mol. The molecule has 2 saturated heterocycles. The molecule has 3 heterocycles. The molecule has 3 rings (SSSR count). The number of hydrogen-bond donors (Lipinski definition) is 1. The summed E-state index contributed by atoms with van der Waals surface area (Å²) < 4.78 is 0. The van der Waals surface area contributed by atoms with E-state index in [1.54, 1.807) is 11.3 Å². The number of nitrogens with one attached hydrogen (secondary N) is 1. The van der Waals surface area contributed by atoms with Gasteiger partial charge in [0, 0.05) is 50.7 Å². The number of thiazole rings is 1. The first kappa shape index (κ1) is 12.5. The average molecular weight is 266 g/mol. The van der Waals surface area contributed by atoms with Crippen LogP contribution in [0.2, 0.25) is 0 Å². The van der Waals surface area contributed by atoms with Gasteiger partial charge in [-0.2, -0.15) is 0 Å². The quantitative estimate of drug-likeness (QED) is 0.888. The molecule has 2 aliphatic heterocycles. The molecule has 1 N–H and O–H groups in total. The fourth-order valence-electron chi connectivity index (χ4n) is 2.78. The van der Waals surface area contributed by atoms with Crippen LogP contribution >= 0.6 is 11.3 Å². The van der Waals surface area contributed by atoms with Crippen LogP contribution in [-0.2, 0) is 0 Å². The van der Waals surface area contributed by atoms with E-state index < -0.39 is 0 Å². The van der Waals surface area contributed by atoms with Gasteiger partial charge in [-0.3, -0.25) is 9.80 Å². The standard InChI is InChI=1S/C13H22N4S/c1-10(13-9-18-11(2)15-13)16-3-5-17(6-4-16)12-7-14-8-12/h9-10,12,14H,3-8H2,1-2H3. The Bertz CT molecular complexity index is 393. The van der Waals surface area contributed by atoms with Crippen molar-refractivity contribution in [2.45, 2.75) is 25.9 Å². The second-order valence-corrected chi connectivity index (χ2v) is 6.41. The normalized spacial score (nSPS) is 25.0. The fraction of sp³-hybridized carbons (Fsp3) is 0.769. The van der Waals surface area contributed by atoms with Crippen molar-refractivity contribution in [3.05, 3.63) is 16.1 Å². The summed E-state index contributed by atoms with van der Waals surface area (Å²) in [6, 6.07) is 1.26. The highest BCUT2D eigenvalue weighted by atomic mass is 32.1. The van der Waals surface area contributed by atoms with Gasteiger partial charge in [-0.25, -0.2) is 4.98 Å². The van der Waals surface area contributed by atoms with Gasteiger partial charge in [-0.15, -0.1) is 11.3 Å². The maximum Gasteiger partial charge on any atom is 0.0898 e. The molecule has 2 fully saturated rings. The molecular weight excluding hydrogens is 244 g/mol. The van der Waals surface area contributed by atoms with Gasteiger partial charge in [0.15, 0.2) is 0 Å². The average Bonchev–Trinajstić information content (AvgIpc) is 2.74. The van der Waals surface area contributed by atoms with Gasteiger partial charge >= 0.3 is 0 Å². The molecule has 0 aromatic carbocycles. The van der Waals surface area contributed by atoms with Crippen LogP contribution in [0, 0.1) is 6.92 Å². The summed E-state index contributed by atoms with van der Waals surface area (Å²) in [5.74, 6) is 0. The smallest absolute Gasteiger partial charge is 0.0898 e. The number of hydrogen-bond acceptors (Lipinski definition) is 5. The molecule has 1 aromatic heterocycles. The molecule has 2 aliphatic rings. The van der Waals surface area contributed by atoms with Crippen molar-refractivity contribution in [2.24, 2.45) is 0 Å². The second kappa shape index (κ2) is 5.25. The van der Waals surface area contributed by atoms with Gasteiger partial charge in [0.1, 0.15) is 0 Å². The molecule has 0 saturated carbocycles. The van der Waals surface area contributed by atoms with E-state index in [0.717, 1.165) is 6.04 Å². The maximum atomic E-state index is 4.62. The van der Waals surface area contributed by atoms with Crippen LogP contribution in [0.5, 0.6) is 0 Å². The zero-order valence-electron chi connectivity index (χ0n) is 11.2. The lowest BCUT2D eigenvalue weighted by molar-refractivity contribution is 0.0544. The molecule has 5 heteroatoms. The van der Waals surface area contributed by atoms with Gasteiger partial charge in [-0.05, 0) is 13.8 Å². The third-order valence-corrected chi connectivity index (χ3v) is 5.03. The molecule has 0 amide bonds. The fourth-order valence-corrected chi connectivity index (χ4v) is 3.48. The Morgan fingerprint density at radius 1 is 1.33 bits per heavy atom. The topological polar surface area (TPSA) is 31.4 Å². The van der Waals surface area contributed by atoms with Crippen LogP contribution in [0.4, 0.5) is 0 Å². The van der Waals surface area contributed by atoms with E-state index in [-0.39, 0.29) is 0 Å². The van der Waals surface area contributed by atoms with Crippen LogP contribution in [0.25, 0.3) is 0 Å². The van der Waals surface area contributed by atoms with Crippen LogP contribution in [0.3, 0.4) is 0 Å². The van der Waals surface area contributed by atoms with Crippen molar-refractivity contribution < 1.29 is 0 Å². The van der Waals surface area contributed by atoms with E-state index >= 15 is 0 Å². The van der Waals surface area contributed by atoms with Crippen molar-refractivity contribution in [3.63, 3.8) is 0 Å². The lowest BCUT2D eigenvalue weighted by Gasteiger charge is -2.44. The number of nitrogens with zero attached hydrogens (tertiary/aromatic N) is 3. The Hall–Kier alpha value is -0.490. The lowest BCUT2D eigenvalue weighted by atomic mass is 10.1. The first-order valence-electron chi connectivity index (χ1n) is 6.85. The Balaban J connectivity index is 1.55. The minimum Gasteiger partial charge on any atom is -0.314 e. The third-order valence-electron chi connectivity index (χ3n) is 4.24. The van der Waals surface area contributed by atoms with Crippen molar-refractivity contribution in [3.8, 4) is 0 Å². The van der Waals surface area contributed by atoms with Gasteiger partial charge in [0.05, 0.1) is 16.7 Å². The summed E-state index contributed by atoms with van der Waals surface area (Å²) in [7, 11) is 0. The molecule has 0 aliphatic carbocycles. The monoisotopic (exact) mass is 266 g/mol. The van der Waals surface area contributed by atoms with Gasteiger partial charge < -0.3 is 5.32 Å². The Kier molecular flexibility index (Phi) is 3.66. The minimum absolute atomic E-state index is 0.469. The molecule has 1 atom stereocenters. The molecule has 0 radical (unpaired) electrons. The first-order valence-corrected chi connectivity index (χ1v) is 7.73. The molecule has 0 bridgehead atoms. The summed E-state index contributed by atoms with van der Waals surface area (Å²) in [4.78, 5) is 9.82. The maximum absolute atomic E-state index is 4.62. The molecule has 18 heavy (non-hydrogen) atoms. The zero-order valence-corrected chi connectivity index (χ0v) is 12.0. The first-order chi connectivity index (χ1) is 8.74. The number of piperazine rings is 1. The molecule has 1 unspecified atom stereocenters. The summed E-state index contributed by atoms with van der Waals surface area (Å²) in [5.41, 5.74) is 1.25. The van der Waals surface area contributed by atoms with Crippen molar-refractivity contribution in [1.82, 2.24) is 20.1 Å². The van der Waals surface area contributed by atoms with Crippen LogP contribution in [-0.4, -0.2) is 60.1 Å². The van der Waals surface area contributed by atoms with Gasteiger partial charge in [-0.1, -0.05) is 0 Å². The van der Waals surface area contributed by atoms with Gasteiger partial charge in [0.25, 0.3) is 0 Å². The predicted octanol–water partition coefficient (Wildman–Crippen LogP) is 1.10. The van der Waals surface area contributed by atoms with E-state index in [9.17, 15) is 0 Å². The largest absolute Gasteiger partial charge is 0.314 e. The summed E-state index contributed by atoms with van der Waals surface area (Å²) in [6.45, 7) is 11.5. The van der Waals surface area contributed by atoms with E-state index in [2.05, 4.69) is 39.3 Å². The number of aryl methyl sites for hydroxylation is 1.